The van der Waals surface area contributed by atoms with E-state index in [0.29, 0.717) is 22.1 Å². The molecule has 214 valence electrons. The Morgan fingerprint density at radius 3 is 2.54 bits per heavy atom. The minimum Gasteiger partial charge on any atom is -0.493 e. The van der Waals surface area contributed by atoms with Crippen molar-refractivity contribution >= 4 is 46.6 Å². The molecule has 3 aromatic carbocycles. The number of nitrogens with zero attached hydrogens (tertiary/aromatic N) is 5. The van der Waals surface area contributed by atoms with Gasteiger partial charge in [-0.15, -0.1) is 12.4 Å². The van der Waals surface area contributed by atoms with Gasteiger partial charge in [0.2, 0.25) is 5.91 Å². The number of aryl methyl sites for hydroxylation is 1. The highest BCUT2D eigenvalue weighted by molar-refractivity contribution is 6.30. The lowest BCUT2D eigenvalue weighted by molar-refractivity contribution is -0.118. The number of hydrogen-bond donors (Lipinski definition) is 1. The van der Waals surface area contributed by atoms with Crippen LogP contribution in [0.4, 0.5) is 14.5 Å². The first kappa shape index (κ1) is 29.6. The average Bonchev–Trinajstić information content (AvgIpc) is 3.54. The Hall–Kier alpha value is -4.42. The summed E-state index contributed by atoms with van der Waals surface area (Å²) < 4.78 is 43.6. The van der Waals surface area contributed by atoms with Gasteiger partial charge in [0.05, 0.1) is 18.1 Å². The van der Waals surface area contributed by atoms with Gasteiger partial charge in [0.15, 0.2) is 23.1 Å². The van der Waals surface area contributed by atoms with Gasteiger partial charge in [0, 0.05) is 30.4 Å². The van der Waals surface area contributed by atoms with Crippen LogP contribution in [-0.2, 0) is 25.0 Å². The van der Waals surface area contributed by atoms with Crippen LogP contribution in [0.2, 0.25) is 5.02 Å². The number of carbonyl (C=O) groups is 1. The Labute approximate surface area is 243 Å². The van der Waals surface area contributed by atoms with Crippen molar-refractivity contribution in [2.45, 2.75) is 13.2 Å². The number of ether oxygens (including phenoxy) is 2. The lowest BCUT2D eigenvalue weighted by Crippen LogP contribution is -2.34. The number of methoxy groups -OCH3 is 1. The number of aromatic amines is 1. The Morgan fingerprint density at radius 1 is 1.15 bits per heavy atom. The van der Waals surface area contributed by atoms with Crippen molar-refractivity contribution in [3.05, 3.63) is 87.8 Å². The van der Waals surface area contributed by atoms with Crippen molar-refractivity contribution < 1.29 is 23.0 Å². The van der Waals surface area contributed by atoms with Crippen LogP contribution in [0.1, 0.15) is 5.82 Å². The van der Waals surface area contributed by atoms with Gasteiger partial charge >= 0.3 is 5.69 Å². The third kappa shape index (κ3) is 5.74. The molecule has 0 aliphatic carbocycles. The first-order valence-electron chi connectivity index (χ1n) is 11.9. The Kier molecular flexibility index (Phi) is 8.64. The van der Waals surface area contributed by atoms with Gasteiger partial charge in [-0.1, -0.05) is 11.6 Å². The fraction of sp³-hybridized carbons (Fsp3) is 0.185. The van der Waals surface area contributed by atoms with Gasteiger partial charge in [0.25, 0.3) is 0 Å². The highest BCUT2D eigenvalue weighted by atomic mass is 35.5. The van der Waals surface area contributed by atoms with E-state index in [9.17, 15) is 14.0 Å². The number of nitrogens with one attached hydrogen (secondary N) is 1. The summed E-state index contributed by atoms with van der Waals surface area (Å²) in [6.07, 6.45) is 1.37. The molecule has 5 aromatic rings. The molecule has 2 heterocycles. The number of hydrogen-bond acceptors (Lipinski definition) is 6. The van der Waals surface area contributed by atoms with Crippen molar-refractivity contribution in [3.63, 3.8) is 0 Å². The molecule has 1 amide bonds. The number of fused-ring (bicyclic) bond motifs is 1. The van der Waals surface area contributed by atoms with E-state index in [0.717, 1.165) is 12.1 Å². The molecular weight excluding hydrogens is 581 g/mol. The largest absolute Gasteiger partial charge is 0.493 e. The van der Waals surface area contributed by atoms with E-state index in [1.165, 1.54) is 46.7 Å². The van der Waals surface area contributed by atoms with E-state index in [1.54, 1.807) is 31.3 Å². The van der Waals surface area contributed by atoms with Crippen molar-refractivity contribution in [3.8, 4) is 22.6 Å². The van der Waals surface area contributed by atoms with E-state index in [4.69, 9.17) is 21.1 Å². The van der Waals surface area contributed by atoms with Crippen LogP contribution in [0.25, 0.3) is 22.2 Å². The molecule has 41 heavy (non-hydrogen) atoms. The molecule has 0 spiro atoms. The van der Waals surface area contributed by atoms with Crippen molar-refractivity contribution in [1.82, 2.24) is 24.3 Å². The third-order valence-electron chi connectivity index (χ3n) is 6.43. The van der Waals surface area contributed by atoms with Crippen molar-refractivity contribution in [2.75, 3.05) is 19.1 Å². The predicted molar refractivity (Wildman–Crippen MR) is 152 cm³/mol. The van der Waals surface area contributed by atoms with Crippen LogP contribution in [0.3, 0.4) is 0 Å². The third-order valence-corrected chi connectivity index (χ3v) is 6.68. The van der Waals surface area contributed by atoms with Gasteiger partial charge in [-0.05, 0) is 54.1 Å². The fourth-order valence-corrected chi connectivity index (χ4v) is 4.53. The van der Waals surface area contributed by atoms with Crippen LogP contribution >= 0.6 is 24.0 Å². The second-order valence-corrected chi connectivity index (χ2v) is 9.31. The van der Waals surface area contributed by atoms with E-state index in [-0.39, 0.29) is 53.7 Å². The molecule has 5 rings (SSSR count). The van der Waals surface area contributed by atoms with Crippen LogP contribution in [0.5, 0.6) is 11.5 Å². The summed E-state index contributed by atoms with van der Waals surface area (Å²) in [4.78, 5) is 31.6. The molecule has 0 atom stereocenters. The molecular formula is C27H24Cl2F2N6O4. The SMILES string of the molecule is COc1cc(-c2cc(F)cc3c2n(C)c(=O)n3CC(=O)N(C)c2ccc(Cl)cc2)cc(F)c1OCc1nc[nH]n1.Cl. The van der Waals surface area contributed by atoms with Gasteiger partial charge < -0.3 is 14.4 Å². The molecule has 2 aromatic heterocycles. The molecule has 14 heteroatoms. The number of imidazole rings is 1. The topological polar surface area (TPSA) is 107 Å². The molecule has 10 nitrogen and oxygen atoms in total. The van der Waals surface area contributed by atoms with E-state index in [1.807, 2.05) is 0 Å². The first-order chi connectivity index (χ1) is 19.2. The maximum absolute atomic E-state index is 15.3. The number of aromatic nitrogens is 5. The van der Waals surface area contributed by atoms with Crippen LogP contribution < -0.4 is 20.1 Å². The minimum absolute atomic E-state index is 0. The van der Waals surface area contributed by atoms with Crippen molar-refractivity contribution in [1.29, 1.82) is 0 Å². The second kappa shape index (κ2) is 12.0. The smallest absolute Gasteiger partial charge is 0.329 e. The number of H-pyrrole nitrogens is 1. The van der Waals surface area contributed by atoms with Gasteiger partial charge in [-0.25, -0.2) is 18.6 Å². The summed E-state index contributed by atoms with van der Waals surface area (Å²) >= 11 is 5.94. The number of likely N-dealkylation sites (N-methyl/N-ethyl adjacent to an activating group) is 1. The first-order valence-corrected chi connectivity index (χ1v) is 12.3. The standard InChI is InChI=1S/C27H23ClF2N6O4.ClH/c1-34(18-6-4-16(28)5-7-18)24(37)12-36-21-11-17(29)10-19(25(21)35(2)27(36)38)15-8-20(30)26(22(9-15)39-3)40-13-23-31-14-32-33-23;/h4-11,14H,12-13H2,1-3H3,(H,31,32,33);1H. The average molecular weight is 605 g/mol. The molecule has 0 bridgehead atoms. The zero-order valence-electron chi connectivity index (χ0n) is 22.0. The number of halogens is 4. The second-order valence-electron chi connectivity index (χ2n) is 8.87. The minimum atomic E-state index is -0.772. The summed E-state index contributed by atoms with van der Waals surface area (Å²) in [5, 5.41) is 6.92. The highest BCUT2D eigenvalue weighted by Crippen LogP contribution is 2.38. The molecule has 1 N–H and O–H groups in total. The number of carbonyl (C=O) groups excluding carboxylic acids is 1. The monoisotopic (exact) mass is 604 g/mol. The van der Waals surface area contributed by atoms with Gasteiger partial charge in [-0.2, -0.15) is 5.10 Å². The number of amides is 1. The van der Waals surface area contributed by atoms with Crippen LogP contribution in [0.15, 0.2) is 59.7 Å². The van der Waals surface area contributed by atoms with Gasteiger partial charge in [0.1, 0.15) is 25.3 Å². The number of rotatable bonds is 8. The zero-order valence-corrected chi connectivity index (χ0v) is 23.6. The summed E-state index contributed by atoms with van der Waals surface area (Å²) in [6, 6.07) is 11.6. The van der Waals surface area contributed by atoms with Crippen LogP contribution in [-0.4, -0.2) is 44.4 Å². The van der Waals surface area contributed by atoms with E-state index < -0.39 is 23.2 Å². The summed E-state index contributed by atoms with van der Waals surface area (Å²) in [5.41, 5.74) is 0.973. The maximum atomic E-state index is 15.3. The lowest BCUT2D eigenvalue weighted by Gasteiger charge is -2.18. The molecule has 0 aliphatic rings. The molecule has 0 radical (unpaired) electrons. The zero-order chi connectivity index (χ0) is 28.6. The highest BCUT2D eigenvalue weighted by Gasteiger charge is 2.23. The predicted octanol–water partition coefficient (Wildman–Crippen LogP) is 4.73. The Bertz CT molecular complexity index is 1770. The number of anilines is 1. The normalized spacial score (nSPS) is 10.9. The van der Waals surface area contributed by atoms with Gasteiger partial charge in [-0.3, -0.25) is 19.0 Å². The molecule has 0 fully saturated rings. The van der Waals surface area contributed by atoms with Crippen molar-refractivity contribution in [2.24, 2.45) is 7.05 Å². The molecule has 0 saturated carbocycles. The summed E-state index contributed by atoms with van der Waals surface area (Å²) in [7, 11) is 4.40. The molecule has 0 unspecified atom stereocenters. The Balaban J connectivity index is 0.00000387. The molecule has 0 aliphatic heterocycles. The Morgan fingerprint density at radius 2 is 1.88 bits per heavy atom. The van der Waals surface area contributed by atoms with Crippen LogP contribution in [0, 0.1) is 11.6 Å². The lowest BCUT2D eigenvalue weighted by atomic mass is 10.0. The quantitative estimate of drug-likeness (QED) is 0.274. The fourth-order valence-electron chi connectivity index (χ4n) is 4.40. The maximum Gasteiger partial charge on any atom is 0.329 e. The van der Waals surface area contributed by atoms with E-state index >= 15 is 4.39 Å². The molecule has 0 saturated heterocycles. The van der Waals surface area contributed by atoms with E-state index in [2.05, 4.69) is 15.2 Å². The summed E-state index contributed by atoms with van der Waals surface area (Å²) in [6.45, 7) is -0.472. The number of benzene rings is 3. The summed E-state index contributed by atoms with van der Waals surface area (Å²) in [5.74, 6) is -1.68.